The normalized spacial score (nSPS) is 14.8. The number of aliphatic imine (C=N–C) groups is 1. The lowest BCUT2D eigenvalue weighted by Crippen LogP contribution is -2.45. The molecule has 170 valence electrons. The van der Waals surface area contributed by atoms with Crippen LogP contribution in [0.3, 0.4) is 0 Å². The van der Waals surface area contributed by atoms with Crippen molar-refractivity contribution in [3.05, 3.63) is 81.7 Å². The number of carbonyl (C=O) groups is 1. The Bertz CT molecular complexity index is 1170. The summed E-state index contributed by atoms with van der Waals surface area (Å²) in [6, 6.07) is 9.79. The van der Waals surface area contributed by atoms with Crippen LogP contribution in [0.2, 0.25) is 5.02 Å². The van der Waals surface area contributed by atoms with Gasteiger partial charge in [-0.1, -0.05) is 41.1 Å². The van der Waals surface area contributed by atoms with E-state index in [9.17, 15) is 4.79 Å². The Balaban J connectivity index is 1.55. The summed E-state index contributed by atoms with van der Waals surface area (Å²) in [5, 5.41) is 7.98. The van der Waals surface area contributed by atoms with E-state index in [1.165, 1.54) is 11.8 Å². The number of aryl methyl sites for hydroxylation is 1. The first-order chi connectivity index (χ1) is 16.0. The first kappa shape index (κ1) is 22.9. The summed E-state index contributed by atoms with van der Waals surface area (Å²) in [6.45, 7) is 3.97. The van der Waals surface area contributed by atoms with E-state index in [1.807, 2.05) is 48.4 Å². The maximum Gasteiger partial charge on any atom is 0.260 e. The average molecular weight is 482 g/mol. The number of primary amides is 1. The van der Waals surface area contributed by atoms with Crippen molar-refractivity contribution in [2.75, 3.05) is 24.7 Å². The second-order valence-electron chi connectivity index (χ2n) is 7.47. The van der Waals surface area contributed by atoms with Crippen molar-refractivity contribution in [1.29, 1.82) is 0 Å². The fraction of sp³-hybridized carbons (Fsp3) is 0.217. The number of aromatic nitrogens is 2. The molecule has 3 heterocycles. The lowest BCUT2D eigenvalue weighted by Gasteiger charge is -2.32. The highest BCUT2D eigenvalue weighted by Crippen LogP contribution is 2.32. The minimum atomic E-state index is -0.517. The van der Waals surface area contributed by atoms with Crippen molar-refractivity contribution in [2.45, 2.75) is 13.3 Å². The highest BCUT2D eigenvalue weighted by atomic mass is 35.5. The van der Waals surface area contributed by atoms with Crippen molar-refractivity contribution < 1.29 is 4.79 Å². The van der Waals surface area contributed by atoms with Crippen LogP contribution < -0.4 is 21.3 Å². The van der Waals surface area contributed by atoms with Crippen LogP contribution in [0.1, 0.15) is 20.8 Å². The molecule has 0 spiro atoms. The van der Waals surface area contributed by atoms with Gasteiger partial charge in [0.05, 0.1) is 23.6 Å². The topological polar surface area (TPSA) is 109 Å². The van der Waals surface area contributed by atoms with E-state index in [0.29, 0.717) is 34.1 Å². The molecule has 1 amide bonds. The van der Waals surface area contributed by atoms with Gasteiger partial charge in [0.15, 0.2) is 0 Å². The van der Waals surface area contributed by atoms with Crippen LogP contribution in [0.4, 0.5) is 10.8 Å². The van der Waals surface area contributed by atoms with Crippen LogP contribution >= 0.6 is 22.9 Å². The Morgan fingerprint density at radius 3 is 2.94 bits per heavy atom. The molecule has 0 unspecified atom stereocenters. The third-order valence-electron chi connectivity index (χ3n) is 5.08. The van der Waals surface area contributed by atoms with Gasteiger partial charge in [0.2, 0.25) is 5.13 Å². The molecule has 1 aromatic carbocycles. The van der Waals surface area contributed by atoms with Crippen molar-refractivity contribution in [3.63, 3.8) is 0 Å². The van der Waals surface area contributed by atoms with Gasteiger partial charge in [-0.05, 0) is 43.1 Å². The number of nitrogens with one attached hydrogen (secondary N) is 2. The second-order valence-corrected chi connectivity index (χ2v) is 8.88. The predicted molar refractivity (Wildman–Crippen MR) is 133 cm³/mol. The molecule has 0 bridgehead atoms. The van der Waals surface area contributed by atoms with Crippen LogP contribution in [0.5, 0.6) is 0 Å². The molecule has 4 rings (SSSR count). The fourth-order valence-electron chi connectivity index (χ4n) is 3.44. The average Bonchev–Trinajstić information content (AvgIpc) is 3.27. The van der Waals surface area contributed by atoms with Crippen LogP contribution in [-0.4, -0.2) is 41.5 Å². The third kappa shape index (κ3) is 5.75. The van der Waals surface area contributed by atoms with Crippen LogP contribution in [0.15, 0.2) is 65.7 Å². The number of amides is 1. The molecule has 4 N–H and O–H groups in total. The summed E-state index contributed by atoms with van der Waals surface area (Å²) < 4.78 is 0. The zero-order chi connectivity index (χ0) is 23.2. The number of para-hydroxylation sites is 1. The van der Waals surface area contributed by atoms with Gasteiger partial charge >= 0.3 is 0 Å². The molecule has 0 radical (unpaired) electrons. The molecule has 1 aliphatic heterocycles. The number of nitrogens with zero attached hydrogens (tertiary/aromatic N) is 4. The third-order valence-corrected chi connectivity index (χ3v) is 6.29. The minimum absolute atomic E-state index is 0.366. The van der Waals surface area contributed by atoms with Crippen LogP contribution in [0.25, 0.3) is 0 Å². The van der Waals surface area contributed by atoms with E-state index < -0.39 is 5.91 Å². The second kappa shape index (κ2) is 10.6. The van der Waals surface area contributed by atoms with Crippen LogP contribution in [-0.2, 0) is 6.42 Å². The zero-order valence-electron chi connectivity index (χ0n) is 18.1. The van der Waals surface area contributed by atoms with Crippen molar-refractivity contribution in [1.82, 2.24) is 20.6 Å². The number of nitrogens with two attached hydrogens (primary N) is 1. The summed E-state index contributed by atoms with van der Waals surface area (Å²) in [7, 11) is 0. The smallest absolute Gasteiger partial charge is 0.260 e. The van der Waals surface area contributed by atoms with E-state index in [-0.39, 0.29) is 0 Å². The lowest BCUT2D eigenvalue weighted by molar-refractivity contribution is 0.100. The van der Waals surface area contributed by atoms with Gasteiger partial charge < -0.3 is 21.3 Å². The Morgan fingerprint density at radius 2 is 2.21 bits per heavy atom. The first-order valence-corrected chi connectivity index (χ1v) is 11.6. The number of anilines is 1. The number of carbonyl (C=O) groups excluding carboxylic acids is 1. The van der Waals surface area contributed by atoms with Gasteiger partial charge in [-0.2, -0.15) is 0 Å². The molecular formula is C23H24ClN7OS. The highest BCUT2D eigenvalue weighted by molar-refractivity contribution is 7.17. The number of rotatable bonds is 8. The fourth-order valence-corrected chi connectivity index (χ4v) is 4.41. The zero-order valence-corrected chi connectivity index (χ0v) is 19.7. The minimum Gasteiger partial charge on any atom is -0.370 e. The number of thiazole rings is 1. The number of hydrogen-bond acceptors (Lipinski definition) is 7. The molecule has 0 saturated heterocycles. The predicted octanol–water partition coefficient (Wildman–Crippen LogP) is 3.41. The van der Waals surface area contributed by atoms with Gasteiger partial charge in [-0.3, -0.25) is 9.78 Å². The van der Waals surface area contributed by atoms with E-state index >= 15 is 0 Å². The van der Waals surface area contributed by atoms with E-state index in [2.05, 4.69) is 26.7 Å². The number of amidine groups is 1. The standard InChI is InChI=1S/C23H24ClN7OS/c1-15-4-2-6-18(24)21(15)31-14-29-17(12-27-9-7-16-5-3-8-26-11-16)10-20(31)30-23-28-13-19(33-23)22(25)32/h2-6,8,10-11,13,27,29H,7,9,12,14H2,1H3,(H2,25,32). The molecule has 10 heteroatoms. The summed E-state index contributed by atoms with van der Waals surface area (Å²) in [4.78, 5) is 26.9. The lowest BCUT2D eigenvalue weighted by atomic mass is 10.1. The summed E-state index contributed by atoms with van der Waals surface area (Å²) in [5.41, 5.74) is 9.45. The molecule has 0 aliphatic carbocycles. The van der Waals surface area contributed by atoms with Gasteiger partial charge in [-0.25, -0.2) is 9.98 Å². The van der Waals surface area contributed by atoms with E-state index in [1.54, 1.807) is 6.20 Å². The molecular weight excluding hydrogens is 458 g/mol. The molecule has 2 aromatic heterocycles. The number of hydrogen-bond donors (Lipinski definition) is 3. The van der Waals surface area contributed by atoms with Gasteiger partial charge in [0.25, 0.3) is 5.91 Å². The molecule has 33 heavy (non-hydrogen) atoms. The summed E-state index contributed by atoms with van der Waals surface area (Å²) >= 11 is 7.69. The van der Waals surface area contributed by atoms with E-state index in [0.717, 1.165) is 41.3 Å². The molecule has 8 nitrogen and oxygen atoms in total. The van der Waals surface area contributed by atoms with Gasteiger partial charge in [-0.15, -0.1) is 0 Å². The Labute approximate surface area is 201 Å². The van der Waals surface area contributed by atoms with Crippen LogP contribution in [0, 0.1) is 6.92 Å². The van der Waals surface area contributed by atoms with Crippen molar-refractivity contribution >= 4 is 45.5 Å². The summed E-state index contributed by atoms with van der Waals surface area (Å²) in [6.07, 6.45) is 7.96. The van der Waals surface area contributed by atoms with Crippen molar-refractivity contribution in [2.24, 2.45) is 10.7 Å². The Kier molecular flexibility index (Phi) is 7.33. The molecule has 0 fully saturated rings. The molecule has 0 saturated carbocycles. The molecule has 1 aliphatic rings. The quantitative estimate of drug-likeness (QED) is 0.425. The van der Waals surface area contributed by atoms with Crippen molar-refractivity contribution in [3.8, 4) is 0 Å². The monoisotopic (exact) mass is 481 g/mol. The largest absolute Gasteiger partial charge is 0.370 e. The maximum atomic E-state index is 11.5. The number of halogens is 1. The van der Waals surface area contributed by atoms with Gasteiger partial charge in [0.1, 0.15) is 10.7 Å². The maximum absolute atomic E-state index is 11.5. The highest BCUT2D eigenvalue weighted by Gasteiger charge is 2.22. The molecule has 3 aromatic rings. The Morgan fingerprint density at radius 1 is 1.33 bits per heavy atom. The number of benzene rings is 1. The summed E-state index contributed by atoms with van der Waals surface area (Å²) in [5.74, 6) is 0.163. The molecule has 0 atom stereocenters. The SMILES string of the molecule is Cc1cccc(Cl)c1N1CNC(CNCCc2cccnc2)=CC1=Nc1ncc(C(N)=O)s1. The number of pyridine rings is 1. The Hall–Kier alpha value is -3.27. The first-order valence-electron chi connectivity index (χ1n) is 10.4. The van der Waals surface area contributed by atoms with Gasteiger partial charge in [0, 0.05) is 30.7 Å². The van der Waals surface area contributed by atoms with E-state index in [4.69, 9.17) is 22.3 Å².